The number of rotatable bonds is 8. The Kier molecular flexibility index (Phi) is 6.53. The van der Waals surface area contributed by atoms with E-state index in [4.69, 9.17) is 0 Å². The number of anilines is 1. The fourth-order valence-corrected chi connectivity index (χ4v) is 3.82. The molecule has 8 nitrogen and oxygen atoms in total. The zero-order valence-corrected chi connectivity index (χ0v) is 18.1. The summed E-state index contributed by atoms with van der Waals surface area (Å²) in [6, 6.07) is 0. The molecule has 1 aliphatic carbocycles. The van der Waals surface area contributed by atoms with Crippen molar-refractivity contribution < 1.29 is 22.8 Å². The summed E-state index contributed by atoms with van der Waals surface area (Å²) in [5.41, 5.74) is -0.428. The first kappa shape index (κ1) is 22.3. The Labute approximate surface area is 179 Å². The lowest BCUT2D eigenvalue weighted by Crippen LogP contribution is -2.27. The highest BCUT2D eigenvalue weighted by atomic mass is 79.9. The first-order chi connectivity index (χ1) is 14.2. The Morgan fingerprint density at radius 2 is 1.97 bits per heavy atom. The van der Waals surface area contributed by atoms with Gasteiger partial charge in [0.15, 0.2) is 11.4 Å². The van der Waals surface area contributed by atoms with Crippen LogP contribution in [0, 0.1) is 0 Å². The van der Waals surface area contributed by atoms with Crippen LogP contribution in [-0.2, 0) is 24.1 Å². The van der Waals surface area contributed by atoms with Gasteiger partial charge in [-0.2, -0.15) is 23.4 Å². The van der Waals surface area contributed by atoms with Crippen LogP contribution >= 0.6 is 15.9 Å². The third-order valence-corrected chi connectivity index (χ3v) is 5.35. The average Bonchev–Trinajstić information content (AvgIpc) is 3.33. The highest BCUT2D eigenvalue weighted by molar-refractivity contribution is 9.10. The van der Waals surface area contributed by atoms with Crippen molar-refractivity contribution in [3.63, 3.8) is 0 Å². The zero-order valence-electron chi connectivity index (χ0n) is 16.5. The van der Waals surface area contributed by atoms with E-state index in [0.717, 1.165) is 23.9 Å². The third kappa shape index (κ3) is 4.85. The van der Waals surface area contributed by atoms with Gasteiger partial charge in [-0.15, -0.1) is 0 Å². The molecule has 12 heteroatoms. The number of nitrogens with zero attached hydrogens (tertiary/aromatic N) is 4. The fraction of sp³-hybridized carbons (Fsp3) is 0.556. The van der Waals surface area contributed by atoms with Crippen molar-refractivity contribution in [3.8, 4) is 0 Å². The van der Waals surface area contributed by atoms with Crippen LogP contribution in [0.3, 0.4) is 0 Å². The van der Waals surface area contributed by atoms with Gasteiger partial charge in [-0.1, -0.05) is 6.92 Å². The largest absolute Gasteiger partial charge is 0.436 e. The van der Waals surface area contributed by atoms with Crippen molar-refractivity contribution in [3.05, 3.63) is 27.8 Å². The molecule has 2 amide bonds. The molecule has 1 aliphatic rings. The van der Waals surface area contributed by atoms with Gasteiger partial charge < -0.3 is 10.6 Å². The summed E-state index contributed by atoms with van der Waals surface area (Å²) in [6.07, 6.45) is -0.887. The number of aromatic nitrogens is 4. The number of carbonyl (C=O) groups excluding carboxylic acids is 2. The maximum Gasteiger partial charge on any atom is 0.436 e. The van der Waals surface area contributed by atoms with Crippen molar-refractivity contribution in [2.75, 3.05) is 11.9 Å². The van der Waals surface area contributed by atoms with Gasteiger partial charge in [-0.3, -0.25) is 19.0 Å². The molecule has 0 radical (unpaired) electrons. The number of amides is 2. The van der Waals surface area contributed by atoms with E-state index >= 15 is 0 Å². The van der Waals surface area contributed by atoms with E-state index in [-0.39, 0.29) is 21.8 Å². The molecule has 0 unspecified atom stereocenters. The summed E-state index contributed by atoms with van der Waals surface area (Å²) in [5, 5.41) is 13.1. The van der Waals surface area contributed by atoms with Gasteiger partial charge in [0.1, 0.15) is 6.54 Å². The van der Waals surface area contributed by atoms with Gasteiger partial charge >= 0.3 is 6.18 Å². The maximum absolute atomic E-state index is 13.2. The van der Waals surface area contributed by atoms with Crippen LogP contribution in [0.15, 0.2) is 10.7 Å². The zero-order chi connectivity index (χ0) is 22.1. The van der Waals surface area contributed by atoms with Crippen LogP contribution in [-0.4, -0.2) is 37.9 Å². The lowest BCUT2D eigenvalue weighted by atomic mass is 10.2. The summed E-state index contributed by atoms with van der Waals surface area (Å²) in [5.74, 6) is -1.09. The quantitative estimate of drug-likeness (QED) is 0.591. The fourth-order valence-electron chi connectivity index (χ4n) is 2.99. The second-order valence-electron chi connectivity index (χ2n) is 7.03. The molecule has 0 atom stereocenters. The Morgan fingerprint density at radius 1 is 1.27 bits per heavy atom. The monoisotopic (exact) mass is 490 g/mol. The molecular formula is C18H22BrF3N6O2. The number of halogens is 4. The van der Waals surface area contributed by atoms with Crippen molar-refractivity contribution >= 4 is 33.4 Å². The Bertz CT molecular complexity index is 949. The average molecular weight is 491 g/mol. The van der Waals surface area contributed by atoms with Crippen molar-refractivity contribution in [2.24, 2.45) is 0 Å². The van der Waals surface area contributed by atoms with Crippen molar-refractivity contribution in [1.29, 1.82) is 0 Å². The molecule has 2 heterocycles. The molecule has 0 aliphatic heterocycles. The molecule has 2 N–H and O–H groups in total. The number of hydrogen-bond acceptors (Lipinski definition) is 4. The van der Waals surface area contributed by atoms with Crippen LogP contribution in [0.2, 0.25) is 0 Å². The summed E-state index contributed by atoms with van der Waals surface area (Å²) in [4.78, 5) is 24.9. The van der Waals surface area contributed by atoms with E-state index in [2.05, 4.69) is 36.8 Å². The van der Waals surface area contributed by atoms with Gasteiger partial charge in [-0.25, -0.2) is 0 Å². The molecular weight excluding hydrogens is 469 g/mol. The third-order valence-electron chi connectivity index (χ3n) is 4.57. The van der Waals surface area contributed by atoms with Crippen LogP contribution in [0.4, 0.5) is 18.9 Å². The molecule has 1 fully saturated rings. The van der Waals surface area contributed by atoms with Crippen LogP contribution in [0.25, 0.3) is 0 Å². The van der Waals surface area contributed by atoms with Crippen molar-refractivity contribution in [2.45, 2.75) is 58.3 Å². The lowest BCUT2D eigenvalue weighted by Gasteiger charge is -2.08. The van der Waals surface area contributed by atoms with Crippen LogP contribution in [0.1, 0.15) is 60.9 Å². The highest BCUT2D eigenvalue weighted by Gasteiger charge is 2.42. The second kappa shape index (κ2) is 8.78. The Morgan fingerprint density at radius 3 is 2.53 bits per heavy atom. The first-order valence-electron chi connectivity index (χ1n) is 9.64. The molecule has 2 aromatic heterocycles. The molecule has 164 valence electrons. The maximum atomic E-state index is 13.2. The van der Waals surface area contributed by atoms with E-state index in [1.165, 1.54) is 10.9 Å². The summed E-state index contributed by atoms with van der Waals surface area (Å²) in [6.45, 7) is 4.26. The van der Waals surface area contributed by atoms with Crippen LogP contribution in [0.5, 0.6) is 0 Å². The molecule has 3 rings (SSSR count). The van der Waals surface area contributed by atoms with E-state index < -0.39 is 30.2 Å². The van der Waals surface area contributed by atoms with E-state index in [1.54, 1.807) is 0 Å². The summed E-state index contributed by atoms with van der Waals surface area (Å²) in [7, 11) is 0. The normalized spacial score (nSPS) is 14.1. The minimum Gasteiger partial charge on any atom is -0.351 e. The molecule has 30 heavy (non-hydrogen) atoms. The number of nitrogens with one attached hydrogen (secondary N) is 2. The Balaban J connectivity index is 1.81. The molecule has 0 bridgehead atoms. The number of aryl methyl sites for hydroxylation is 1. The standard InChI is InChI=1S/C18H22BrF3N6O2/c1-3-7-23-17(30)14-11(8-27(4-2)25-14)24-12(29)9-28-15(10-5-6-10)13(19)16(26-28)18(20,21)22/h8,10H,3-7,9H2,1-2H3,(H,23,30)(H,24,29). The van der Waals surface area contributed by atoms with Crippen LogP contribution < -0.4 is 10.6 Å². The van der Waals surface area contributed by atoms with E-state index in [9.17, 15) is 22.8 Å². The summed E-state index contributed by atoms with van der Waals surface area (Å²) < 4.78 is 42.2. The number of carbonyl (C=O) groups is 2. The van der Waals surface area contributed by atoms with Gasteiger partial charge in [0.05, 0.1) is 15.9 Å². The Hall–Kier alpha value is -2.37. The first-order valence-corrected chi connectivity index (χ1v) is 10.4. The molecule has 0 saturated heterocycles. The minimum absolute atomic E-state index is 0.0543. The van der Waals surface area contributed by atoms with Gasteiger partial charge in [-0.05, 0) is 42.1 Å². The SMILES string of the molecule is CCCNC(=O)c1nn(CC)cc1NC(=O)Cn1nc(C(F)(F)F)c(Br)c1C1CC1. The predicted octanol–water partition coefficient (Wildman–Crippen LogP) is 3.54. The molecule has 0 spiro atoms. The molecule has 2 aromatic rings. The minimum atomic E-state index is -4.63. The van der Waals surface area contributed by atoms with Gasteiger partial charge in [0.2, 0.25) is 5.91 Å². The van der Waals surface area contributed by atoms with E-state index in [1.807, 2.05) is 13.8 Å². The van der Waals surface area contributed by atoms with Gasteiger partial charge in [0.25, 0.3) is 5.91 Å². The molecule has 0 aromatic carbocycles. The van der Waals surface area contributed by atoms with Crippen molar-refractivity contribution in [1.82, 2.24) is 24.9 Å². The number of alkyl halides is 3. The lowest BCUT2D eigenvalue weighted by molar-refractivity contribution is -0.142. The smallest absolute Gasteiger partial charge is 0.351 e. The van der Waals surface area contributed by atoms with E-state index in [0.29, 0.717) is 18.8 Å². The number of hydrogen-bond donors (Lipinski definition) is 2. The molecule has 1 saturated carbocycles. The predicted molar refractivity (Wildman–Crippen MR) is 106 cm³/mol. The second-order valence-corrected chi connectivity index (χ2v) is 7.82. The summed E-state index contributed by atoms with van der Waals surface area (Å²) >= 11 is 3.00. The van der Waals surface area contributed by atoms with Gasteiger partial charge in [0, 0.05) is 25.2 Å². The highest BCUT2D eigenvalue weighted by Crippen LogP contribution is 2.46. The topological polar surface area (TPSA) is 93.8 Å².